The topological polar surface area (TPSA) is 65.8 Å². The summed E-state index contributed by atoms with van der Waals surface area (Å²) in [5, 5.41) is 4.43. The third-order valence-electron chi connectivity index (χ3n) is 6.38. The van der Waals surface area contributed by atoms with E-state index in [2.05, 4.69) is 9.84 Å². The Labute approximate surface area is 193 Å². The SMILES string of the molecule is COc1ccc(C(=O)N2CCC3(CC2)Oc2ccccc2-c2c3cnn2C)c(OC(F)(F)F)c1. The molecule has 1 fully saturated rings. The number of hydrogen-bond donors (Lipinski definition) is 0. The van der Waals surface area contributed by atoms with Crippen LogP contribution in [0.2, 0.25) is 0 Å². The second-order valence-corrected chi connectivity index (χ2v) is 8.33. The van der Waals surface area contributed by atoms with Gasteiger partial charge in [0.2, 0.25) is 0 Å². The number of methoxy groups -OCH3 is 1. The Kier molecular flexibility index (Phi) is 5.18. The smallest absolute Gasteiger partial charge is 0.497 e. The Morgan fingerprint density at radius 1 is 1.15 bits per heavy atom. The number of carbonyl (C=O) groups excluding carboxylic acids is 1. The first-order valence-corrected chi connectivity index (χ1v) is 10.7. The first-order valence-electron chi connectivity index (χ1n) is 10.7. The van der Waals surface area contributed by atoms with Gasteiger partial charge in [-0.15, -0.1) is 13.2 Å². The number of rotatable bonds is 3. The van der Waals surface area contributed by atoms with Crippen molar-refractivity contribution < 1.29 is 32.2 Å². The average molecular weight is 473 g/mol. The van der Waals surface area contributed by atoms with E-state index in [1.54, 1.807) is 6.20 Å². The normalized spacial score (nSPS) is 16.4. The van der Waals surface area contributed by atoms with Crippen LogP contribution in [0.3, 0.4) is 0 Å². The van der Waals surface area contributed by atoms with E-state index in [0.717, 1.165) is 28.6 Å². The molecule has 10 heteroatoms. The zero-order valence-corrected chi connectivity index (χ0v) is 18.6. The maximum Gasteiger partial charge on any atom is 0.573 e. The third-order valence-corrected chi connectivity index (χ3v) is 6.38. The first kappa shape index (κ1) is 22.1. The van der Waals surface area contributed by atoms with Crippen LogP contribution in [-0.2, 0) is 12.6 Å². The lowest BCUT2D eigenvalue weighted by Crippen LogP contribution is -2.49. The largest absolute Gasteiger partial charge is 0.573 e. The lowest BCUT2D eigenvalue weighted by atomic mass is 9.81. The number of amides is 1. The van der Waals surface area contributed by atoms with E-state index in [0.29, 0.717) is 25.9 Å². The lowest BCUT2D eigenvalue weighted by Gasteiger charge is -2.44. The van der Waals surface area contributed by atoms with Gasteiger partial charge in [-0.2, -0.15) is 5.10 Å². The summed E-state index contributed by atoms with van der Waals surface area (Å²) < 4.78 is 56.3. The Morgan fingerprint density at radius 2 is 1.88 bits per heavy atom. The Bertz CT molecular complexity index is 1250. The van der Waals surface area contributed by atoms with E-state index in [1.165, 1.54) is 24.1 Å². The number of aryl methyl sites for hydroxylation is 1. The van der Waals surface area contributed by atoms with Crippen molar-refractivity contribution in [3.05, 3.63) is 59.8 Å². The molecule has 1 saturated heterocycles. The van der Waals surface area contributed by atoms with Crippen LogP contribution in [0.15, 0.2) is 48.7 Å². The fourth-order valence-electron chi connectivity index (χ4n) is 4.74. The molecule has 2 aliphatic heterocycles. The van der Waals surface area contributed by atoms with Crippen LogP contribution >= 0.6 is 0 Å². The minimum Gasteiger partial charge on any atom is -0.497 e. The number of fused-ring (bicyclic) bond motifs is 4. The molecule has 2 aliphatic rings. The Hall–Kier alpha value is -3.69. The van der Waals surface area contributed by atoms with Crippen LogP contribution in [0.5, 0.6) is 17.2 Å². The van der Waals surface area contributed by atoms with Crippen LogP contribution in [0.1, 0.15) is 28.8 Å². The fourth-order valence-corrected chi connectivity index (χ4v) is 4.74. The second kappa shape index (κ2) is 7.96. The molecule has 0 N–H and O–H groups in total. The third kappa shape index (κ3) is 3.72. The molecule has 0 aliphatic carbocycles. The summed E-state index contributed by atoms with van der Waals surface area (Å²) in [6.07, 6.45) is -2.20. The number of aromatic nitrogens is 2. The second-order valence-electron chi connectivity index (χ2n) is 8.33. The molecule has 0 atom stereocenters. The first-order chi connectivity index (χ1) is 16.2. The molecule has 0 bridgehead atoms. The number of carbonyl (C=O) groups is 1. The van der Waals surface area contributed by atoms with Crippen molar-refractivity contribution in [3.8, 4) is 28.5 Å². The van der Waals surface area contributed by atoms with Gasteiger partial charge in [0.25, 0.3) is 5.91 Å². The van der Waals surface area contributed by atoms with E-state index in [1.807, 2.05) is 36.0 Å². The van der Waals surface area contributed by atoms with Crippen molar-refractivity contribution >= 4 is 5.91 Å². The molecule has 1 spiro atoms. The quantitative estimate of drug-likeness (QED) is 0.560. The molecule has 178 valence electrons. The van der Waals surface area contributed by atoms with Crippen molar-refractivity contribution in [1.82, 2.24) is 14.7 Å². The number of para-hydroxylation sites is 1. The molecule has 3 aromatic rings. The van der Waals surface area contributed by atoms with Crippen molar-refractivity contribution in [2.75, 3.05) is 20.2 Å². The number of hydrogen-bond acceptors (Lipinski definition) is 5. The summed E-state index contributed by atoms with van der Waals surface area (Å²) in [7, 11) is 3.20. The fraction of sp³-hybridized carbons (Fsp3) is 0.333. The van der Waals surface area contributed by atoms with Crippen molar-refractivity contribution in [2.24, 2.45) is 7.05 Å². The predicted molar refractivity (Wildman–Crippen MR) is 116 cm³/mol. The highest BCUT2D eigenvalue weighted by atomic mass is 19.4. The summed E-state index contributed by atoms with van der Waals surface area (Å²) in [5.41, 5.74) is 2.03. The molecular weight excluding hydrogens is 451 g/mol. The van der Waals surface area contributed by atoms with E-state index in [9.17, 15) is 18.0 Å². The van der Waals surface area contributed by atoms with Crippen LogP contribution in [-0.4, -0.2) is 47.1 Å². The molecular formula is C24H22F3N3O4. The molecule has 5 rings (SSSR count). The standard InChI is InChI=1S/C24H22F3N3O4/c1-29-21-16-5-3-4-6-19(16)33-23(18(21)14-28-29)9-11-30(12-10-23)22(31)17-8-7-15(32-2)13-20(17)34-24(25,26)27/h3-8,13-14H,9-12H2,1-2H3. The highest BCUT2D eigenvalue weighted by molar-refractivity contribution is 5.97. The van der Waals surface area contributed by atoms with Gasteiger partial charge in [0.05, 0.1) is 24.6 Å². The van der Waals surface area contributed by atoms with E-state index in [-0.39, 0.29) is 11.3 Å². The van der Waals surface area contributed by atoms with Gasteiger partial charge in [-0.25, -0.2) is 0 Å². The van der Waals surface area contributed by atoms with Crippen molar-refractivity contribution in [2.45, 2.75) is 24.8 Å². The summed E-state index contributed by atoms with van der Waals surface area (Å²) in [5.74, 6) is -0.227. The molecule has 0 radical (unpaired) electrons. The molecule has 0 unspecified atom stereocenters. The zero-order chi connectivity index (χ0) is 24.1. The van der Waals surface area contributed by atoms with Gasteiger partial charge in [0.15, 0.2) is 0 Å². The van der Waals surface area contributed by atoms with Crippen molar-refractivity contribution in [3.63, 3.8) is 0 Å². The molecule has 3 heterocycles. The van der Waals surface area contributed by atoms with E-state index < -0.39 is 23.6 Å². The number of benzene rings is 2. The molecule has 0 saturated carbocycles. The van der Waals surface area contributed by atoms with Gasteiger partial charge in [-0.05, 0) is 24.3 Å². The van der Waals surface area contributed by atoms with Crippen LogP contribution in [0, 0.1) is 0 Å². The predicted octanol–water partition coefficient (Wildman–Crippen LogP) is 4.52. The van der Waals surface area contributed by atoms with Gasteiger partial charge in [-0.1, -0.05) is 12.1 Å². The molecule has 1 aromatic heterocycles. The highest BCUT2D eigenvalue weighted by Crippen LogP contribution is 2.49. The van der Waals surface area contributed by atoms with E-state index in [4.69, 9.17) is 9.47 Å². The summed E-state index contributed by atoms with van der Waals surface area (Å²) >= 11 is 0. The van der Waals surface area contributed by atoms with Crippen LogP contribution < -0.4 is 14.2 Å². The molecule has 1 amide bonds. The number of piperidine rings is 1. The van der Waals surface area contributed by atoms with Gasteiger partial charge < -0.3 is 19.1 Å². The van der Waals surface area contributed by atoms with Gasteiger partial charge in [-0.3, -0.25) is 9.48 Å². The monoisotopic (exact) mass is 473 g/mol. The Morgan fingerprint density at radius 3 is 2.59 bits per heavy atom. The minimum absolute atomic E-state index is 0.159. The minimum atomic E-state index is -4.94. The maximum atomic E-state index is 13.2. The number of likely N-dealkylation sites (tertiary alicyclic amines) is 1. The maximum absolute atomic E-state index is 13.2. The summed E-state index contributed by atoms with van der Waals surface area (Å²) in [4.78, 5) is 14.7. The molecule has 7 nitrogen and oxygen atoms in total. The number of halogens is 3. The van der Waals surface area contributed by atoms with Crippen LogP contribution in [0.25, 0.3) is 11.3 Å². The van der Waals surface area contributed by atoms with Crippen LogP contribution in [0.4, 0.5) is 13.2 Å². The number of alkyl halides is 3. The molecule has 2 aromatic carbocycles. The van der Waals surface area contributed by atoms with Crippen molar-refractivity contribution in [1.29, 1.82) is 0 Å². The Balaban J connectivity index is 1.41. The van der Waals surface area contributed by atoms with Gasteiger partial charge in [0.1, 0.15) is 22.8 Å². The number of nitrogens with zero attached hydrogens (tertiary/aromatic N) is 3. The molecule has 34 heavy (non-hydrogen) atoms. The number of ether oxygens (including phenoxy) is 3. The van der Waals surface area contributed by atoms with E-state index >= 15 is 0 Å². The zero-order valence-electron chi connectivity index (χ0n) is 18.6. The van der Waals surface area contributed by atoms with Gasteiger partial charge >= 0.3 is 6.36 Å². The average Bonchev–Trinajstić information content (AvgIpc) is 3.21. The van der Waals surface area contributed by atoms with Gasteiger partial charge in [0, 0.05) is 50.2 Å². The summed E-state index contributed by atoms with van der Waals surface area (Å²) in [6.45, 7) is 0.597. The summed E-state index contributed by atoms with van der Waals surface area (Å²) in [6, 6.07) is 11.5. The lowest BCUT2D eigenvalue weighted by molar-refractivity contribution is -0.274. The highest BCUT2D eigenvalue weighted by Gasteiger charge is 2.46.